The second kappa shape index (κ2) is 4.85. The van der Waals surface area contributed by atoms with Crippen molar-refractivity contribution in [1.82, 2.24) is 0 Å². The quantitative estimate of drug-likeness (QED) is 0.574. The van der Waals surface area contributed by atoms with Crippen LogP contribution in [0.15, 0.2) is 42.5 Å². The molecule has 0 aromatic heterocycles. The Bertz CT molecular complexity index is 599. The lowest BCUT2D eigenvalue weighted by Gasteiger charge is -2.09. The van der Waals surface area contributed by atoms with Crippen LogP contribution in [0.25, 0.3) is 11.1 Å². The number of nitrogen functional groups attached to an aromatic ring is 1. The molecule has 2 aromatic rings. The lowest BCUT2D eigenvalue weighted by molar-refractivity contribution is 0.0698. The smallest absolute Gasteiger partial charge is 0.337 e. The highest BCUT2D eigenvalue weighted by Gasteiger charge is 2.12. The zero-order chi connectivity index (χ0) is 13.1. The summed E-state index contributed by atoms with van der Waals surface area (Å²) in [6.07, 6.45) is 0. The SMILES string of the molecule is NNc1cc(-c2ccccc2F)ccc1C(=O)O. The number of rotatable bonds is 3. The van der Waals surface area contributed by atoms with E-state index in [1.165, 1.54) is 18.2 Å². The van der Waals surface area contributed by atoms with Crippen molar-refractivity contribution in [2.45, 2.75) is 0 Å². The van der Waals surface area contributed by atoms with Gasteiger partial charge in [-0.15, -0.1) is 0 Å². The molecule has 0 fully saturated rings. The van der Waals surface area contributed by atoms with Crippen LogP contribution in [-0.2, 0) is 0 Å². The maximum Gasteiger partial charge on any atom is 0.337 e. The summed E-state index contributed by atoms with van der Waals surface area (Å²) in [5.41, 5.74) is 3.54. The van der Waals surface area contributed by atoms with Crippen molar-refractivity contribution in [3.05, 3.63) is 53.8 Å². The van der Waals surface area contributed by atoms with E-state index in [1.807, 2.05) is 0 Å². The van der Waals surface area contributed by atoms with Gasteiger partial charge in [0.2, 0.25) is 0 Å². The van der Waals surface area contributed by atoms with Crippen molar-refractivity contribution in [2.24, 2.45) is 5.84 Å². The van der Waals surface area contributed by atoms with Crippen molar-refractivity contribution in [3.8, 4) is 11.1 Å². The first-order chi connectivity index (χ1) is 8.63. The van der Waals surface area contributed by atoms with E-state index in [0.29, 0.717) is 11.1 Å². The summed E-state index contributed by atoms with van der Waals surface area (Å²) in [5.74, 6) is 3.80. The number of carbonyl (C=O) groups is 1. The molecular formula is C13H11FN2O2. The lowest BCUT2D eigenvalue weighted by atomic mass is 10.0. The van der Waals surface area contributed by atoms with Crippen molar-refractivity contribution in [1.29, 1.82) is 0 Å². The van der Waals surface area contributed by atoms with Crippen LogP contribution in [-0.4, -0.2) is 11.1 Å². The van der Waals surface area contributed by atoms with Crippen LogP contribution in [0.1, 0.15) is 10.4 Å². The third-order valence-corrected chi connectivity index (χ3v) is 2.59. The molecule has 0 atom stereocenters. The monoisotopic (exact) mass is 246 g/mol. The molecule has 4 N–H and O–H groups in total. The predicted molar refractivity (Wildman–Crippen MR) is 66.6 cm³/mol. The first-order valence-corrected chi connectivity index (χ1v) is 5.22. The zero-order valence-corrected chi connectivity index (χ0v) is 9.35. The second-order valence-corrected chi connectivity index (χ2v) is 3.69. The van der Waals surface area contributed by atoms with Gasteiger partial charge in [0.25, 0.3) is 0 Å². The molecule has 0 aliphatic carbocycles. The first kappa shape index (κ1) is 12.1. The van der Waals surface area contributed by atoms with Gasteiger partial charge >= 0.3 is 5.97 Å². The van der Waals surface area contributed by atoms with Gasteiger partial charge < -0.3 is 10.5 Å². The van der Waals surface area contributed by atoms with Crippen LogP contribution < -0.4 is 11.3 Å². The van der Waals surface area contributed by atoms with E-state index in [-0.39, 0.29) is 17.1 Å². The molecular weight excluding hydrogens is 235 g/mol. The van der Waals surface area contributed by atoms with E-state index in [4.69, 9.17) is 10.9 Å². The fourth-order valence-corrected chi connectivity index (χ4v) is 1.71. The minimum absolute atomic E-state index is 0.0394. The number of nitrogens with two attached hydrogens (primary N) is 1. The molecule has 92 valence electrons. The number of anilines is 1. The standard InChI is InChI=1S/C13H11FN2O2/c14-11-4-2-1-3-9(11)8-5-6-10(13(17)18)12(7-8)16-15/h1-7,16H,15H2,(H,17,18). The van der Waals surface area contributed by atoms with E-state index in [9.17, 15) is 9.18 Å². The Hall–Kier alpha value is -2.40. The first-order valence-electron chi connectivity index (χ1n) is 5.22. The molecule has 0 radical (unpaired) electrons. The second-order valence-electron chi connectivity index (χ2n) is 3.69. The molecule has 2 rings (SSSR count). The summed E-state index contributed by atoms with van der Waals surface area (Å²) < 4.78 is 13.6. The Kier molecular flexibility index (Phi) is 3.25. The molecule has 5 heteroatoms. The fourth-order valence-electron chi connectivity index (χ4n) is 1.71. The van der Waals surface area contributed by atoms with E-state index in [0.717, 1.165) is 0 Å². The van der Waals surface area contributed by atoms with Gasteiger partial charge in [0, 0.05) is 5.56 Å². The van der Waals surface area contributed by atoms with Gasteiger partial charge in [0.15, 0.2) is 0 Å². The van der Waals surface area contributed by atoms with E-state index in [1.54, 1.807) is 24.3 Å². The normalized spacial score (nSPS) is 10.1. The van der Waals surface area contributed by atoms with Gasteiger partial charge in [0.05, 0.1) is 11.3 Å². The van der Waals surface area contributed by atoms with Crippen molar-refractivity contribution >= 4 is 11.7 Å². The summed E-state index contributed by atoms with van der Waals surface area (Å²) in [6.45, 7) is 0. The number of hydrogen-bond acceptors (Lipinski definition) is 3. The van der Waals surface area contributed by atoms with Gasteiger partial charge in [-0.1, -0.05) is 24.3 Å². The molecule has 0 saturated heterocycles. The van der Waals surface area contributed by atoms with Crippen LogP contribution in [0.5, 0.6) is 0 Å². The average Bonchev–Trinajstić information content (AvgIpc) is 2.38. The Morgan fingerprint density at radius 3 is 2.56 bits per heavy atom. The Morgan fingerprint density at radius 1 is 1.22 bits per heavy atom. The minimum Gasteiger partial charge on any atom is -0.478 e. The molecule has 0 spiro atoms. The number of carboxylic acid groups (broad SMARTS) is 1. The summed E-state index contributed by atoms with van der Waals surface area (Å²) in [6, 6.07) is 10.7. The van der Waals surface area contributed by atoms with Crippen LogP contribution in [0.4, 0.5) is 10.1 Å². The van der Waals surface area contributed by atoms with Crippen molar-refractivity contribution in [2.75, 3.05) is 5.43 Å². The minimum atomic E-state index is -1.09. The number of hydrazine groups is 1. The van der Waals surface area contributed by atoms with Crippen LogP contribution in [0.3, 0.4) is 0 Å². The van der Waals surface area contributed by atoms with Crippen LogP contribution in [0.2, 0.25) is 0 Å². The molecule has 0 bridgehead atoms. The summed E-state index contributed by atoms with van der Waals surface area (Å²) >= 11 is 0. The Balaban J connectivity index is 2.55. The molecule has 0 aliphatic rings. The van der Waals surface area contributed by atoms with E-state index >= 15 is 0 Å². The lowest BCUT2D eigenvalue weighted by Crippen LogP contribution is -2.11. The summed E-state index contributed by atoms with van der Waals surface area (Å²) in [4.78, 5) is 10.9. The maximum absolute atomic E-state index is 13.6. The fraction of sp³-hybridized carbons (Fsp3) is 0. The molecule has 0 aliphatic heterocycles. The van der Waals surface area contributed by atoms with E-state index < -0.39 is 5.97 Å². The largest absolute Gasteiger partial charge is 0.478 e. The predicted octanol–water partition coefficient (Wildman–Crippen LogP) is 2.48. The van der Waals surface area contributed by atoms with Gasteiger partial charge in [-0.3, -0.25) is 5.84 Å². The number of aromatic carboxylic acids is 1. The number of hydrogen-bond donors (Lipinski definition) is 3. The summed E-state index contributed by atoms with van der Waals surface area (Å²) in [5, 5.41) is 8.94. The van der Waals surface area contributed by atoms with Crippen LogP contribution >= 0.6 is 0 Å². The molecule has 0 saturated carbocycles. The maximum atomic E-state index is 13.6. The Morgan fingerprint density at radius 2 is 1.94 bits per heavy atom. The average molecular weight is 246 g/mol. The van der Waals surface area contributed by atoms with Gasteiger partial charge in [-0.05, 0) is 23.8 Å². The molecule has 0 amide bonds. The van der Waals surface area contributed by atoms with Gasteiger partial charge in [-0.2, -0.15) is 0 Å². The molecule has 18 heavy (non-hydrogen) atoms. The van der Waals surface area contributed by atoms with Gasteiger partial charge in [-0.25, -0.2) is 9.18 Å². The van der Waals surface area contributed by atoms with Crippen molar-refractivity contribution < 1.29 is 14.3 Å². The van der Waals surface area contributed by atoms with Gasteiger partial charge in [0.1, 0.15) is 5.82 Å². The molecule has 0 heterocycles. The molecule has 0 unspecified atom stereocenters. The topological polar surface area (TPSA) is 75.3 Å². The molecule has 4 nitrogen and oxygen atoms in total. The highest BCUT2D eigenvalue weighted by Crippen LogP contribution is 2.27. The van der Waals surface area contributed by atoms with Crippen LogP contribution in [0, 0.1) is 5.82 Å². The third-order valence-electron chi connectivity index (χ3n) is 2.59. The highest BCUT2D eigenvalue weighted by molar-refractivity contribution is 5.95. The number of benzene rings is 2. The molecule has 2 aromatic carbocycles. The Labute approximate surface area is 103 Å². The number of carboxylic acids is 1. The number of halogens is 1. The zero-order valence-electron chi connectivity index (χ0n) is 9.35. The highest BCUT2D eigenvalue weighted by atomic mass is 19.1. The summed E-state index contributed by atoms with van der Waals surface area (Å²) in [7, 11) is 0. The third kappa shape index (κ3) is 2.16. The van der Waals surface area contributed by atoms with E-state index in [2.05, 4.69) is 5.43 Å². The van der Waals surface area contributed by atoms with Crippen molar-refractivity contribution in [3.63, 3.8) is 0 Å². The number of nitrogens with one attached hydrogen (secondary N) is 1.